The number of benzene rings is 1. The minimum atomic E-state index is -3.94. The fourth-order valence-electron chi connectivity index (χ4n) is 1.44. The van der Waals surface area contributed by atoms with Crippen molar-refractivity contribution in [1.82, 2.24) is 4.72 Å². The maximum absolute atomic E-state index is 13.0. The number of halogens is 3. The number of ether oxygens (including phenoxy) is 1. The zero-order valence-corrected chi connectivity index (χ0v) is 11.8. The largest absolute Gasteiger partial charge is 0.383 e. The van der Waals surface area contributed by atoms with Gasteiger partial charge in [0, 0.05) is 19.0 Å². The van der Waals surface area contributed by atoms with E-state index >= 15 is 0 Å². The highest BCUT2D eigenvalue weighted by Gasteiger charge is 2.21. The molecule has 1 N–H and O–H groups in total. The third-order valence-corrected chi connectivity index (χ3v) is 4.08. The molecule has 1 aromatic rings. The second-order valence-corrected chi connectivity index (χ2v) is 5.92. The molecule has 0 aromatic heterocycles. The summed E-state index contributed by atoms with van der Waals surface area (Å²) in [5.74, 6) is -2.08. The Kier molecular flexibility index (Phi) is 6.12. The van der Waals surface area contributed by atoms with Crippen LogP contribution in [-0.4, -0.2) is 34.1 Å². The van der Waals surface area contributed by atoms with E-state index in [4.69, 9.17) is 16.3 Å². The molecule has 1 aromatic carbocycles. The highest BCUT2D eigenvalue weighted by molar-refractivity contribution is 7.89. The van der Waals surface area contributed by atoms with Crippen LogP contribution < -0.4 is 4.72 Å². The Hall–Kier alpha value is -0.760. The Bertz CT molecular complexity index is 519. The van der Waals surface area contributed by atoms with Crippen molar-refractivity contribution in [1.29, 1.82) is 0 Å². The standard InChI is InChI=1S/C11H14ClF2NO3S/c1-18-7-8(4-5-12)15-19(16,17)9-2-3-10(13)11(14)6-9/h2-3,6,8,15H,4-5,7H2,1H3. The van der Waals surface area contributed by atoms with Crippen LogP contribution in [0.2, 0.25) is 0 Å². The molecule has 0 saturated heterocycles. The van der Waals surface area contributed by atoms with Crippen molar-refractivity contribution in [2.24, 2.45) is 0 Å². The quantitative estimate of drug-likeness (QED) is 0.782. The summed E-state index contributed by atoms with van der Waals surface area (Å²) in [7, 11) is -2.51. The minimum absolute atomic E-state index is 0.135. The van der Waals surface area contributed by atoms with Crippen molar-refractivity contribution in [2.75, 3.05) is 19.6 Å². The van der Waals surface area contributed by atoms with Crippen LogP contribution in [0.5, 0.6) is 0 Å². The van der Waals surface area contributed by atoms with E-state index in [1.54, 1.807) is 0 Å². The van der Waals surface area contributed by atoms with Crippen molar-refractivity contribution in [3.8, 4) is 0 Å². The summed E-state index contributed by atoms with van der Waals surface area (Å²) >= 11 is 5.55. The molecule has 0 saturated carbocycles. The maximum atomic E-state index is 13.0. The van der Waals surface area contributed by atoms with Gasteiger partial charge in [0.05, 0.1) is 11.5 Å². The second kappa shape index (κ2) is 7.14. The molecule has 0 aliphatic heterocycles. The Labute approximate surface area is 115 Å². The predicted octanol–water partition coefficient (Wildman–Crippen LogP) is 1.89. The molecule has 0 fully saturated rings. The third-order valence-electron chi connectivity index (χ3n) is 2.35. The van der Waals surface area contributed by atoms with Gasteiger partial charge >= 0.3 is 0 Å². The van der Waals surface area contributed by atoms with Gasteiger partial charge in [-0.15, -0.1) is 11.6 Å². The fraction of sp³-hybridized carbons (Fsp3) is 0.455. The summed E-state index contributed by atoms with van der Waals surface area (Å²) in [4.78, 5) is -0.345. The van der Waals surface area contributed by atoms with Gasteiger partial charge in [-0.3, -0.25) is 0 Å². The molecule has 1 rings (SSSR count). The van der Waals surface area contributed by atoms with Gasteiger partial charge in [-0.2, -0.15) is 0 Å². The average Bonchev–Trinajstić information content (AvgIpc) is 2.32. The van der Waals surface area contributed by atoms with Gasteiger partial charge in [-0.1, -0.05) is 0 Å². The molecule has 0 aliphatic rings. The Morgan fingerprint density at radius 3 is 2.58 bits per heavy atom. The Morgan fingerprint density at radius 1 is 1.37 bits per heavy atom. The molecule has 0 amide bonds. The summed E-state index contributed by atoms with van der Waals surface area (Å²) in [6.07, 6.45) is 0.359. The molecule has 0 aliphatic carbocycles. The molecular formula is C11H14ClF2NO3S. The van der Waals surface area contributed by atoms with Crippen molar-refractivity contribution < 1.29 is 21.9 Å². The lowest BCUT2D eigenvalue weighted by Crippen LogP contribution is -2.38. The van der Waals surface area contributed by atoms with Crippen LogP contribution in [0.15, 0.2) is 23.1 Å². The van der Waals surface area contributed by atoms with E-state index in [9.17, 15) is 17.2 Å². The monoisotopic (exact) mass is 313 g/mol. The van der Waals surface area contributed by atoms with Gasteiger partial charge in [0.2, 0.25) is 10.0 Å². The molecule has 1 unspecified atom stereocenters. The normalized spacial score (nSPS) is 13.5. The molecule has 8 heteroatoms. The number of hydrogen-bond acceptors (Lipinski definition) is 3. The SMILES string of the molecule is COCC(CCCl)NS(=O)(=O)c1ccc(F)c(F)c1. The van der Waals surface area contributed by atoms with Crippen molar-refractivity contribution in [2.45, 2.75) is 17.4 Å². The lowest BCUT2D eigenvalue weighted by atomic mass is 10.3. The molecule has 0 radical (unpaired) electrons. The van der Waals surface area contributed by atoms with E-state index in [1.165, 1.54) is 7.11 Å². The van der Waals surface area contributed by atoms with E-state index in [0.717, 1.165) is 12.1 Å². The second-order valence-electron chi connectivity index (χ2n) is 3.83. The molecule has 19 heavy (non-hydrogen) atoms. The molecule has 0 spiro atoms. The summed E-state index contributed by atoms with van der Waals surface area (Å²) < 4.78 is 56.9. The number of methoxy groups -OCH3 is 1. The number of nitrogens with one attached hydrogen (secondary N) is 1. The van der Waals surface area contributed by atoms with E-state index in [0.29, 0.717) is 12.5 Å². The van der Waals surface area contributed by atoms with Gasteiger partial charge in [0.15, 0.2) is 11.6 Å². The number of alkyl halides is 1. The summed E-state index contributed by atoms with van der Waals surface area (Å²) in [5.41, 5.74) is 0. The van der Waals surface area contributed by atoms with Crippen molar-refractivity contribution in [3.63, 3.8) is 0 Å². The van der Waals surface area contributed by atoms with Gasteiger partial charge in [-0.25, -0.2) is 21.9 Å². The summed E-state index contributed by atoms with van der Waals surface area (Å²) in [6, 6.07) is 1.85. The number of hydrogen-bond donors (Lipinski definition) is 1. The highest BCUT2D eigenvalue weighted by atomic mass is 35.5. The van der Waals surface area contributed by atoms with E-state index in [-0.39, 0.29) is 17.4 Å². The fourth-order valence-corrected chi connectivity index (χ4v) is 2.97. The zero-order valence-electron chi connectivity index (χ0n) is 10.2. The van der Waals surface area contributed by atoms with Gasteiger partial charge in [0.1, 0.15) is 0 Å². The maximum Gasteiger partial charge on any atom is 0.241 e. The van der Waals surface area contributed by atoms with Gasteiger partial charge in [-0.05, 0) is 24.6 Å². The molecule has 108 valence electrons. The van der Waals surface area contributed by atoms with E-state index < -0.39 is 27.7 Å². The van der Waals surface area contributed by atoms with Crippen LogP contribution in [0.25, 0.3) is 0 Å². The van der Waals surface area contributed by atoms with Crippen LogP contribution >= 0.6 is 11.6 Å². The molecule has 4 nitrogen and oxygen atoms in total. The summed E-state index contributed by atoms with van der Waals surface area (Å²) in [6.45, 7) is 0.135. The van der Waals surface area contributed by atoms with E-state index in [2.05, 4.69) is 4.72 Å². The smallest absolute Gasteiger partial charge is 0.241 e. The number of rotatable bonds is 7. The van der Waals surface area contributed by atoms with Gasteiger partial charge < -0.3 is 4.74 Å². The average molecular weight is 314 g/mol. The highest BCUT2D eigenvalue weighted by Crippen LogP contribution is 2.14. The minimum Gasteiger partial charge on any atom is -0.383 e. The summed E-state index contributed by atoms with van der Waals surface area (Å²) in [5, 5.41) is 0. The first-order valence-corrected chi connectivity index (χ1v) is 7.44. The van der Waals surface area contributed by atoms with Crippen LogP contribution in [0.4, 0.5) is 8.78 Å². The zero-order chi connectivity index (χ0) is 14.5. The van der Waals surface area contributed by atoms with Crippen molar-refractivity contribution >= 4 is 21.6 Å². The third kappa shape index (κ3) is 4.68. The van der Waals surface area contributed by atoms with Crippen LogP contribution in [0.1, 0.15) is 6.42 Å². The predicted molar refractivity (Wildman–Crippen MR) is 67.7 cm³/mol. The lowest BCUT2D eigenvalue weighted by molar-refractivity contribution is 0.173. The molecule has 0 bridgehead atoms. The first-order valence-electron chi connectivity index (χ1n) is 5.43. The van der Waals surface area contributed by atoms with Crippen LogP contribution in [0, 0.1) is 11.6 Å². The Morgan fingerprint density at radius 2 is 2.05 bits per heavy atom. The first-order chi connectivity index (χ1) is 8.90. The van der Waals surface area contributed by atoms with E-state index in [1.807, 2.05) is 0 Å². The first kappa shape index (κ1) is 16.3. The van der Waals surface area contributed by atoms with Crippen molar-refractivity contribution in [3.05, 3.63) is 29.8 Å². The molecule has 0 heterocycles. The van der Waals surface area contributed by atoms with Crippen LogP contribution in [0.3, 0.4) is 0 Å². The lowest BCUT2D eigenvalue weighted by Gasteiger charge is -2.16. The molecule has 1 atom stereocenters. The molecular weight excluding hydrogens is 300 g/mol. The topological polar surface area (TPSA) is 55.4 Å². The number of sulfonamides is 1. The van der Waals surface area contributed by atoms with Crippen LogP contribution in [-0.2, 0) is 14.8 Å². The van der Waals surface area contributed by atoms with Gasteiger partial charge in [0.25, 0.3) is 0 Å². The Balaban J connectivity index is 2.92.